The summed E-state index contributed by atoms with van der Waals surface area (Å²) in [7, 11) is 1.51. The van der Waals surface area contributed by atoms with E-state index in [-0.39, 0.29) is 18.3 Å². The molecule has 1 amide bonds. The maximum atomic E-state index is 13.4. The summed E-state index contributed by atoms with van der Waals surface area (Å²) in [6.07, 6.45) is 2.62. The molecule has 20 heavy (non-hydrogen) atoms. The van der Waals surface area contributed by atoms with Gasteiger partial charge in [0.05, 0.1) is 12.6 Å². The lowest BCUT2D eigenvalue weighted by molar-refractivity contribution is -0.122. The number of benzene rings is 1. The van der Waals surface area contributed by atoms with Crippen molar-refractivity contribution in [2.45, 2.75) is 25.6 Å². The van der Waals surface area contributed by atoms with E-state index in [4.69, 9.17) is 10.5 Å². The highest BCUT2D eigenvalue weighted by atomic mass is 32.2. The second-order valence-corrected chi connectivity index (χ2v) is 5.45. The van der Waals surface area contributed by atoms with E-state index in [0.29, 0.717) is 18.5 Å². The minimum Gasteiger partial charge on any atom is -0.380 e. The molecule has 0 aliphatic heterocycles. The Hall–Kier alpha value is -1.11. The minimum atomic E-state index is -0.499. The van der Waals surface area contributed by atoms with Crippen molar-refractivity contribution in [2.75, 3.05) is 19.1 Å². The number of carbonyl (C=O) groups is 1. The zero-order valence-corrected chi connectivity index (χ0v) is 12.6. The summed E-state index contributed by atoms with van der Waals surface area (Å²) in [6.45, 7) is 0.545. The van der Waals surface area contributed by atoms with Crippen LogP contribution in [-0.4, -0.2) is 31.1 Å². The van der Waals surface area contributed by atoms with Gasteiger partial charge >= 0.3 is 0 Å². The molecule has 0 aliphatic rings. The molecule has 0 unspecified atom stereocenters. The number of hydrogen-bond acceptors (Lipinski definition) is 4. The summed E-state index contributed by atoms with van der Waals surface area (Å²) in [5, 5.41) is 2.76. The zero-order valence-electron chi connectivity index (χ0n) is 11.8. The quantitative estimate of drug-likeness (QED) is 0.766. The Kier molecular flexibility index (Phi) is 7.58. The molecular formula is C14H21FN2O2S. The zero-order chi connectivity index (χ0) is 15.0. The van der Waals surface area contributed by atoms with E-state index in [9.17, 15) is 9.18 Å². The third kappa shape index (κ3) is 5.48. The Morgan fingerprint density at radius 2 is 2.30 bits per heavy atom. The number of nitrogens with two attached hydrogens (primary N) is 1. The Bertz CT molecular complexity index is 443. The topological polar surface area (TPSA) is 64.3 Å². The predicted molar refractivity (Wildman–Crippen MR) is 79.9 cm³/mol. The first-order valence-electron chi connectivity index (χ1n) is 6.37. The number of halogens is 1. The number of nitrogens with one attached hydrogen (secondary N) is 1. The Morgan fingerprint density at radius 3 is 2.95 bits per heavy atom. The summed E-state index contributed by atoms with van der Waals surface area (Å²) in [5.41, 5.74) is 7.06. The van der Waals surface area contributed by atoms with Gasteiger partial charge in [-0.2, -0.15) is 11.8 Å². The number of hydrogen-bond donors (Lipinski definition) is 2. The largest absolute Gasteiger partial charge is 0.380 e. The molecule has 1 aromatic carbocycles. The second-order valence-electron chi connectivity index (χ2n) is 4.46. The molecule has 3 N–H and O–H groups in total. The molecule has 0 aliphatic carbocycles. The first-order chi connectivity index (χ1) is 9.58. The van der Waals surface area contributed by atoms with Gasteiger partial charge in [0.15, 0.2) is 0 Å². The van der Waals surface area contributed by atoms with Gasteiger partial charge in [-0.05, 0) is 36.1 Å². The number of carbonyl (C=O) groups excluding carboxylic acids is 1. The SMILES string of the molecule is COCc1cc(CNC(=O)[C@@H](N)CCSC)ccc1F. The molecule has 0 spiro atoms. The van der Waals surface area contributed by atoms with Crippen molar-refractivity contribution in [3.63, 3.8) is 0 Å². The van der Waals surface area contributed by atoms with Gasteiger partial charge in [0.2, 0.25) is 5.91 Å². The summed E-state index contributed by atoms with van der Waals surface area (Å²) < 4.78 is 18.4. The first kappa shape index (κ1) is 16.9. The fourth-order valence-corrected chi connectivity index (χ4v) is 2.19. The van der Waals surface area contributed by atoms with Crippen LogP contribution in [0, 0.1) is 5.82 Å². The smallest absolute Gasteiger partial charge is 0.237 e. The van der Waals surface area contributed by atoms with E-state index in [1.807, 2.05) is 6.26 Å². The molecule has 0 fully saturated rings. The minimum absolute atomic E-state index is 0.184. The Morgan fingerprint density at radius 1 is 1.55 bits per heavy atom. The fraction of sp³-hybridized carbons (Fsp3) is 0.500. The van der Waals surface area contributed by atoms with Crippen LogP contribution in [0.15, 0.2) is 18.2 Å². The van der Waals surface area contributed by atoms with E-state index in [1.165, 1.54) is 13.2 Å². The van der Waals surface area contributed by atoms with Crippen molar-refractivity contribution in [1.82, 2.24) is 5.32 Å². The molecule has 0 saturated carbocycles. The van der Waals surface area contributed by atoms with Crippen LogP contribution in [0.3, 0.4) is 0 Å². The standard InChI is InChI=1S/C14H21FN2O2S/c1-19-9-11-7-10(3-4-12(11)15)8-17-14(18)13(16)5-6-20-2/h3-4,7,13H,5-6,8-9,16H2,1-2H3,(H,17,18)/t13-/m0/s1. The number of thioether (sulfide) groups is 1. The number of rotatable bonds is 8. The van der Waals surface area contributed by atoms with Gasteiger partial charge in [0.1, 0.15) is 5.82 Å². The van der Waals surface area contributed by atoms with Gasteiger partial charge in [-0.3, -0.25) is 4.79 Å². The third-order valence-electron chi connectivity index (χ3n) is 2.85. The highest BCUT2D eigenvalue weighted by molar-refractivity contribution is 7.98. The van der Waals surface area contributed by atoms with Crippen molar-refractivity contribution < 1.29 is 13.9 Å². The molecule has 112 valence electrons. The van der Waals surface area contributed by atoms with Gasteiger partial charge in [-0.15, -0.1) is 0 Å². The number of amides is 1. The molecule has 1 rings (SSSR count). The van der Waals surface area contributed by atoms with Crippen LogP contribution in [-0.2, 0) is 22.7 Å². The number of ether oxygens (including phenoxy) is 1. The monoisotopic (exact) mass is 300 g/mol. The lowest BCUT2D eigenvalue weighted by atomic mass is 10.1. The van der Waals surface area contributed by atoms with Crippen LogP contribution in [0.2, 0.25) is 0 Å². The van der Waals surface area contributed by atoms with Crippen LogP contribution < -0.4 is 11.1 Å². The van der Waals surface area contributed by atoms with Crippen LogP contribution in [0.5, 0.6) is 0 Å². The third-order valence-corrected chi connectivity index (χ3v) is 3.49. The molecule has 1 atom stereocenters. The van der Waals surface area contributed by atoms with Crippen LogP contribution in [0.4, 0.5) is 4.39 Å². The first-order valence-corrected chi connectivity index (χ1v) is 7.76. The molecule has 0 heterocycles. The molecule has 0 bridgehead atoms. The predicted octanol–water partition coefficient (Wildman–Crippen LogP) is 1.67. The van der Waals surface area contributed by atoms with Crippen molar-refractivity contribution in [3.05, 3.63) is 35.1 Å². The molecule has 0 aromatic heterocycles. The van der Waals surface area contributed by atoms with Gasteiger partial charge in [-0.25, -0.2) is 4.39 Å². The second kappa shape index (κ2) is 8.94. The van der Waals surface area contributed by atoms with Crippen molar-refractivity contribution in [1.29, 1.82) is 0 Å². The molecular weight excluding hydrogens is 279 g/mol. The maximum Gasteiger partial charge on any atom is 0.237 e. The summed E-state index contributed by atoms with van der Waals surface area (Å²) in [4.78, 5) is 11.8. The molecule has 4 nitrogen and oxygen atoms in total. The molecule has 0 saturated heterocycles. The molecule has 6 heteroatoms. The lowest BCUT2D eigenvalue weighted by Crippen LogP contribution is -2.40. The van der Waals surface area contributed by atoms with Crippen molar-refractivity contribution >= 4 is 17.7 Å². The van der Waals surface area contributed by atoms with Crippen LogP contribution in [0.25, 0.3) is 0 Å². The Balaban J connectivity index is 2.52. The summed E-state index contributed by atoms with van der Waals surface area (Å²) in [5.74, 6) is 0.360. The lowest BCUT2D eigenvalue weighted by Gasteiger charge is -2.12. The van der Waals surface area contributed by atoms with E-state index >= 15 is 0 Å². The normalized spacial score (nSPS) is 12.2. The van der Waals surface area contributed by atoms with E-state index in [0.717, 1.165) is 11.3 Å². The van der Waals surface area contributed by atoms with Gasteiger partial charge in [-0.1, -0.05) is 6.07 Å². The molecule has 1 aromatic rings. The fourth-order valence-electron chi connectivity index (χ4n) is 1.70. The highest BCUT2D eigenvalue weighted by Gasteiger charge is 2.12. The van der Waals surface area contributed by atoms with Gasteiger partial charge in [0, 0.05) is 19.2 Å². The average molecular weight is 300 g/mol. The van der Waals surface area contributed by atoms with Crippen molar-refractivity contribution in [3.8, 4) is 0 Å². The number of methoxy groups -OCH3 is 1. The van der Waals surface area contributed by atoms with E-state index < -0.39 is 6.04 Å². The molecule has 0 radical (unpaired) electrons. The highest BCUT2D eigenvalue weighted by Crippen LogP contribution is 2.11. The average Bonchev–Trinajstić information content (AvgIpc) is 2.45. The van der Waals surface area contributed by atoms with Gasteiger partial charge in [0.25, 0.3) is 0 Å². The van der Waals surface area contributed by atoms with E-state index in [2.05, 4.69) is 5.32 Å². The van der Waals surface area contributed by atoms with Gasteiger partial charge < -0.3 is 15.8 Å². The van der Waals surface area contributed by atoms with E-state index in [1.54, 1.807) is 23.9 Å². The summed E-state index contributed by atoms with van der Waals surface area (Å²) >= 11 is 1.66. The van der Waals surface area contributed by atoms with Crippen LogP contribution >= 0.6 is 11.8 Å². The Labute approximate surface area is 123 Å². The summed E-state index contributed by atoms with van der Waals surface area (Å²) in [6, 6.07) is 4.21. The maximum absolute atomic E-state index is 13.4. The van der Waals surface area contributed by atoms with Crippen LogP contribution in [0.1, 0.15) is 17.5 Å². The van der Waals surface area contributed by atoms with Crippen molar-refractivity contribution in [2.24, 2.45) is 5.73 Å².